The van der Waals surface area contributed by atoms with E-state index in [1.807, 2.05) is 19.1 Å². The second-order valence-corrected chi connectivity index (χ2v) is 6.05. The van der Waals surface area contributed by atoms with Crippen LogP contribution in [0.5, 0.6) is 0 Å². The van der Waals surface area contributed by atoms with Crippen LogP contribution in [0.1, 0.15) is 37.9 Å². The van der Waals surface area contributed by atoms with E-state index in [-0.39, 0.29) is 6.10 Å². The molecular formula is C16H24N2O. The Morgan fingerprint density at radius 1 is 1.11 bits per heavy atom. The molecule has 3 rings (SSSR count). The molecule has 2 aliphatic rings. The Kier molecular flexibility index (Phi) is 3.50. The first-order chi connectivity index (χ1) is 9.15. The number of nitrogens with zero attached hydrogens (tertiary/aromatic N) is 2. The van der Waals surface area contributed by atoms with Crippen LogP contribution in [-0.2, 0) is 0 Å². The molecule has 2 heterocycles. The summed E-state index contributed by atoms with van der Waals surface area (Å²) in [6.45, 7) is 4.11. The smallest absolute Gasteiger partial charge is 0.0761 e. The van der Waals surface area contributed by atoms with Gasteiger partial charge in [0.05, 0.1) is 6.10 Å². The standard InChI is InChI=1S/C16H24N2O/c1-12(19)13-3-5-15(6-4-13)18-10-9-14-7-8-16(11-18)17(14)2/h3-6,12,14,16,19H,7-11H2,1-2H3/t12-,14?,16?/m1/s1. The van der Waals surface area contributed by atoms with E-state index in [2.05, 4.69) is 29.0 Å². The molecule has 0 aromatic heterocycles. The first-order valence-corrected chi connectivity index (χ1v) is 7.40. The number of benzene rings is 1. The van der Waals surface area contributed by atoms with Crippen molar-refractivity contribution in [3.63, 3.8) is 0 Å². The summed E-state index contributed by atoms with van der Waals surface area (Å²) in [4.78, 5) is 5.08. The molecule has 2 unspecified atom stereocenters. The van der Waals surface area contributed by atoms with Crippen LogP contribution in [0.3, 0.4) is 0 Å². The van der Waals surface area contributed by atoms with Gasteiger partial charge in [0.2, 0.25) is 0 Å². The van der Waals surface area contributed by atoms with Gasteiger partial charge in [0.1, 0.15) is 0 Å². The zero-order chi connectivity index (χ0) is 13.4. The fourth-order valence-corrected chi connectivity index (χ4v) is 3.51. The molecule has 1 aromatic rings. The van der Waals surface area contributed by atoms with Gasteiger partial charge in [0.15, 0.2) is 0 Å². The lowest BCUT2D eigenvalue weighted by Crippen LogP contribution is -2.36. The minimum absolute atomic E-state index is 0.375. The van der Waals surface area contributed by atoms with Crippen LogP contribution in [0.15, 0.2) is 24.3 Å². The molecule has 3 nitrogen and oxygen atoms in total. The minimum atomic E-state index is -0.375. The molecule has 0 aliphatic carbocycles. The van der Waals surface area contributed by atoms with Crippen molar-refractivity contribution in [2.75, 3.05) is 25.0 Å². The molecule has 3 heteroatoms. The average Bonchev–Trinajstić information content (AvgIpc) is 2.63. The maximum Gasteiger partial charge on any atom is 0.0761 e. The lowest BCUT2D eigenvalue weighted by Gasteiger charge is -2.27. The van der Waals surface area contributed by atoms with Crippen molar-refractivity contribution in [1.82, 2.24) is 4.90 Å². The number of hydrogen-bond donors (Lipinski definition) is 1. The van der Waals surface area contributed by atoms with Gasteiger partial charge in [-0.3, -0.25) is 4.90 Å². The molecule has 0 saturated carbocycles. The molecule has 2 aliphatic heterocycles. The van der Waals surface area contributed by atoms with E-state index in [0.29, 0.717) is 6.04 Å². The number of likely N-dealkylation sites (N-methyl/N-ethyl adjacent to an activating group) is 1. The molecular weight excluding hydrogens is 236 g/mol. The number of aliphatic hydroxyl groups is 1. The Bertz CT molecular complexity index is 429. The summed E-state index contributed by atoms with van der Waals surface area (Å²) >= 11 is 0. The summed E-state index contributed by atoms with van der Waals surface area (Å²) in [5, 5.41) is 9.57. The normalized spacial score (nSPS) is 29.3. The lowest BCUT2D eigenvalue weighted by atomic mass is 10.1. The van der Waals surface area contributed by atoms with E-state index >= 15 is 0 Å². The third kappa shape index (κ3) is 2.49. The number of aliphatic hydroxyl groups excluding tert-OH is 1. The van der Waals surface area contributed by atoms with Gasteiger partial charge in [-0.2, -0.15) is 0 Å². The first-order valence-electron chi connectivity index (χ1n) is 7.40. The van der Waals surface area contributed by atoms with Crippen LogP contribution in [0.25, 0.3) is 0 Å². The fourth-order valence-electron chi connectivity index (χ4n) is 3.51. The second-order valence-electron chi connectivity index (χ2n) is 6.05. The van der Waals surface area contributed by atoms with E-state index in [1.54, 1.807) is 0 Å². The molecule has 19 heavy (non-hydrogen) atoms. The molecule has 2 saturated heterocycles. The van der Waals surface area contributed by atoms with Gasteiger partial charge >= 0.3 is 0 Å². The van der Waals surface area contributed by atoms with Gasteiger partial charge in [-0.15, -0.1) is 0 Å². The lowest BCUT2D eigenvalue weighted by molar-refractivity contribution is 0.199. The summed E-state index contributed by atoms with van der Waals surface area (Å²) in [5.41, 5.74) is 2.29. The van der Waals surface area contributed by atoms with Gasteiger partial charge in [-0.1, -0.05) is 12.1 Å². The summed E-state index contributed by atoms with van der Waals surface area (Å²) in [6, 6.07) is 9.90. The molecule has 1 N–H and O–H groups in total. The summed E-state index contributed by atoms with van der Waals surface area (Å²) < 4.78 is 0. The Balaban J connectivity index is 1.75. The van der Waals surface area contributed by atoms with Crippen LogP contribution >= 0.6 is 0 Å². The molecule has 0 amide bonds. The molecule has 1 aromatic carbocycles. The Morgan fingerprint density at radius 2 is 1.79 bits per heavy atom. The third-order valence-electron chi connectivity index (χ3n) is 4.89. The molecule has 2 bridgehead atoms. The highest BCUT2D eigenvalue weighted by Crippen LogP contribution is 2.31. The van der Waals surface area contributed by atoms with Crippen LogP contribution in [0, 0.1) is 0 Å². The largest absolute Gasteiger partial charge is 0.389 e. The molecule has 104 valence electrons. The minimum Gasteiger partial charge on any atom is -0.389 e. The number of fused-ring (bicyclic) bond motifs is 2. The van der Waals surface area contributed by atoms with Gasteiger partial charge in [0, 0.05) is 30.9 Å². The van der Waals surface area contributed by atoms with Crippen molar-refractivity contribution >= 4 is 5.69 Å². The zero-order valence-corrected chi connectivity index (χ0v) is 11.9. The van der Waals surface area contributed by atoms with E-state index in [4.69, 9.17) is 0 Å². The van der Waals surface area contributed by atoms with Gasteiger partial charge in [-0.05, 0) is 50.9 Å². The van der Waals surface area contributed by atoms with Crippen molar-refractivity contribution in [1.29, 1.82) is 0 Å². The number of anilines is 1. The number of hydrogen-bond acceptors (Lipinski definition) is 3. The molecule has 0 radical (unpaired) electrons. The third-order valence-corrected chi connectivity index (χ3v) is 4.89. The van der Waals surface area contributed by atoms with Crippen LogP contribution in [0.2, 0.25) is 0 Å². The van der Waals surface area contributed by atoms with Crippen molar-refractivity contribution in [3.8, 4) is 0 Å². The highest BCUT2D eigenvalue weighted by Gasteiger charge is 2.34. The van der Waals surface area contributed by atoms with E-state index in [1.165, 1.54) is 24.9 Å². The topological polar surface area (TPSA) is 26.7 Å². The highest BCUT2D eigenvalue weighted by molar-refractivity contribution is 5.48. The second kappa shape index (κ2) is 5.14. The molecule has 0 spiro atoms. The number of rotatable bonds is 2. The SMILES string of the molecule is C[C@@H](O)c1ccc(N2CCC3CCC(C2)N3C)cc1. The summed E-state index contributed by atoms with van der Waals surface area (Å²) in [6.07, 6.45) is 3.60. The van der Waals surface area contributed by atoms with E-state index in [0.717, 1.165) is 24.7 Å². The van der Waals surface area contributed by atoms with Gasteiger partial charge < -0.3 is 10.0 Å². The molecule has 2 fully saturated rings. The van der Waals surface area contributed by atoms with Gasteiger partial charge in [0.25, 0.3) is 0 Å². The summed E-state index contributed by atoms with van der Waals surface area (Å²) in [7, 11) is 2.28. The molecule has 3 atom stereocenters. The predicted octanol–water partition coefficient (Wildman–Crippen LogP) is 2.41. The average molecular weight is 260 g/mol. The highest BCUT2D eigenvalue weighted by atomic mass is 16.3. The van der Waals surface area contributed by atoms with Gasteiger partial charge in [-0.25, -0.2) is 0 Å². The van der Waals surface area contributed by atoms with Crippen LogP contribution in [-0.4, -0.2) is 42.2 Å². The quantitative estimate of drug-likeness (QED) is 0.884. The Labute approximate surface area is 115 Å². The van der Waals surface area contributed by atoms with E-state index in [9.17, 15) is 5.11 Å². The fraction of sp³-hybridized carbons (Fsp3) is 0.625. The van der Waals surface area contributed by atoms with Crippen LogP contribution in [0.4, 0.5) is 5.69 Å². The van der Waals surface area contributed by atoms with Crippen molar-refractivity contribution < 1.29 is 5.11 Å². The first kappa shape index (κ1) is 12.9. The monoisotopic (exact) mass is 260 g/mol. The zero-order valence-electron chi connectivity index (χ0n) is 11.9. The Hall–Kier alpha value is -1.06. The predicted molar refractivity (Wildman–Crippen MR) is 78.5 cm³/mol. The van der Waals surface area contributed by atoms with Crippen molar-refractivity contribution in [2.24, 2.45) is 0 Å². The maximum atomic E-state index is 9.57. The maximum absolute atomic E-state index is 9.57. The van der Waals surface area contributed by atoms with Crippen LogP contribution < -0.4 is 4.90 Å². The Morgan fingerprint density at radius 3 is 2.47 bits per heavy atom. The van der Waals surface area contributed by atoms with Crippen molar-refractivity contribution in [3.05, 3.63) is 29.8 Å². The summed E-state index contributed by atoms with van der Waals surface area (Å²) in [5.74, 6) is 0. The van der Waals surface area contributed by atoms with E-state index < -0.39 is 0 Å². The van der Waals surface area contributed by atoms with Crippen molar-refractivity contribution in [2.45, 2.75) is 44.4 Å².